The lowest BCUT2D eigenvalue weighted by molar-refractivity contribution is -0.123. The van der Waals surface area contributed by atoms with Crippen molar-refractivity contribution in [1.29, 1.82) is 0 Å². The van der Waals surface area contributed by atoms with Crippen LogP contribution in [0.1, 0.15) is 49.7 Å². The second-order valence-electron chi connectivity index (χ2n) is 6.41. The van der Waals surface area contributed by atoms with Crippen molar-refractivity contribution in [1.82, 2.24) is 15.5 Å². The van der Waals surface area contributed by atoms with Crippen LogP contribution in [0.2, 0.25) is 0 Å². The van der Waals surface area contributed by atoms with Crippen molar-refractivity contribution in [3.05, 3.63) is 47.2 Å². The van der Waals surface area contributed by atoms with Gasteiger partial charge in [0.1, 0.15) is 11.5 Å². The molecule has 0 radical (unpaired) electrons. The number of hydrogen-bond donors (Lipinski definition) is 3. The fraction of sp³-hybridized carbons (Fsp3) is 0.412. The zero-order chi connectivity index (χ0) is 18.6. The third-order valence-electron chi connectivity index (χ3n) is 3.97. The number of rotatable bonds is 7. The van der Waals surface area contributed by atoms with Crippen LogP contribution >= 0.6 is 0 Å². The molecule has 1 heterocycles. The molecule has 2 rings (SSSR count). The third-order valence-corrected chi connectivity index (χ3v) is 3.97. The number of nitrogens with one attached hydrogen (secondary N) is 1. The first-order valence-corrected chi connectivity index (χ1v) is 7.92. The van der Waals surface area contributed by atoms with E-state index in [1.165, 1.54) is 6.92 Å². The summed E-state index contributed by atoms with van der Waals surface area (Å²) < 4.78 is 5.63. The summed E-state index contributed by atoms with van der Waals surface area (Å²) in [6.07, 6.45) is 0.461. The topological polar surface area (TPSA) is 137 Å². The minimum Gasteiger partial charge on any atom is -0.422 e. The number of nitrogens with zero attached hydrogens (tertiary/aromatic N) is 2. The van der Waals surface area contributed by atoms with Gasteiger partial charge in [-0.05, 0) is 25.0 Å². The van der Waals surface area contributed by atoms with Crippen LogP contribution in [0.25, 0.3) is 0 Å². The number of nitrogens with two attached hydrogens (primary N) is 2. The Balaban J connectivity index is 2.26. The van der Waals surface area contributed by atoms with E-state index in [1.807, 2.05) is 24.3 Å². The van der Waals surface area contributed by atoms with Crippen LogP contribution in [-0.2, 0) is 28.0 Å². The van der Waals surface area contributed by atoms with Crippen molar-refractivity contribution < 1.29 is 14.0 Å². The van der Waals surface area contributed by atoms with Crippen LogP contribution < -0.4 is 16.8 Å². The van der Waals surface area contributed by atoms with E-state index in [0.29, 0.717) is 13.0 Å². The van der Waals surface area contributed by atoms with Gasteiger partial charge in [0.15, 0.2) is 0 Å². The first-order chi connectivity index (χ1) is 11.7. The summed E-state index contributed by atoms with van der Waals surface area (Å²) in [4.78, 5) is 23.1. The first kappa shape index (κ1) is 18.6. The molecule has 1 atom stereocenters. The van der Waals surface area contributed by atoms with Gasteiger partial charge in [0.05, 0.1) is 0 Å². The van der Waals surface area contributed by atoms with Crippen molar-refractivity contribution in [2.45, 2.75) is 45.2 Å². The van der Waals surface area contributed by atoms with Gasteiger partial charge in [-0.3, -0.25) is 9.59 Å². The predicted octanol–water partition coefficient (Wildman–Crippen LogP) is 0.711. The number of amides is 2. The number of hydrogen-bond acceptors (Lipinski definition) is 6. The summed E-state index contributed by atoms with van der Waals surface area (Å²) in [5.41, 5.74) is 11.9. The lowest BCUT2D eigenvalue weighted by atomic mass is 9.93. The van der Waals surface area contributed by atoms with Crippen LogP contribution in [0.4, 0.5) is 0 Å². The molecule has 0 spiro atoms. The first-order valence-electron chi connectivity index (χ1n) is 7.92. The highest BCUT2D eigenvalue weighted by Crippen LogP contribution is 2.25. The van der Waals surface area contributed by atoms with Gasteiger partial charge >= 0.3 is 0 Å². The molecule has 25 heavy (non-hydrogen) atoms. The summed E-state index contributed by atoms with van der Waals surface area (Å²) in [6, 6.07) is 7.21. The van der Waals surface area contributed by atoms with Gasteiger partial charge in [-0.1, -0.05) is 24.3 Å². The van der Waals surface area contributed by atoms with Crippen molar-refractivity contribution in [2.24, 2.45) is 11.5 Å². The van der Waals surface area contributed by atoms with Gasteiger partial charge in [-0.15, -0.1) is 10.2 Å². The van der Waals surface area contributed by atoms with Crippen LogP contribution in [0.15, 0.2) is 28.7 Å². The van der Waals surface area contributed by atoms with Gasteiger partial charge in [0, 0.05) is 19.9 Å². The summed E-state index contributed by atoms with van der Waals surface area (Å²) in [6.45, 7) is 5.08. The van der Waals surface area contributed by atoms with Crippen LogP contribution in [0.3, 0.4) is 0 Å². The predicted molar refractivity (Wildman–Crippen MR) is 91.1 cm³/mol. The second kappa shape index (κ2) is 7.43. The van der Waals surface area contributed by atoms with Crippen LogP contribution in [0, 0.1) is 0 Å². The van der Waals surface area contributed by atoms with Crippen molar-refractivity contribution in [3.8, 4) is 0 Å². The van der Waals surface area contributed by atoms with Gasteiger partial charge in [-0.2, -0.15) is 0 Å². The van der Waals surface area contributed by atoms with Crippen LogP contribution in [-0.4, -0.2) is 22.0 Å². The zero-order valence-electron chi connectivity index (χ0n) is 14.6. The molecule has 0 aliphatic heterocycles. The molecular formula is C17H23N5O3. The number of primary amides is 1. The molecule has 1 aromatic carbocycles. The Bertz CT molecular complexity index is 752. The number of carbonyl (C=O) groups is 2. The molecular weight excluding hydrogens is 322 g/mol. The van der Waals surface area contributed by atoms with E-state index in [0.717, 1.165) is 11.1 Å². The summed E-state index contributed by atoms with van der Waals surface area (Å²) in [5.74, 6) is -0.458. The maximum atomic E-state index is 11.5. The standard InChI is InChI=1S/C17H23N5O3/c1-10(23)20-13(8-11-4-6-12(9-18)7-5-11)14-21-22-16(25-14)17(2,3)15(19)24/h4-7,13H,8-9,18H2,1-3H3,(H2,19,24)(H,20,23). The monoisotopic (exact) mass is 345 g/mol. The molecule has 8 heteroatoms. The summed E-state index contributed by atoms with van der Waals surface area (Å²) in [5, 5.41) is 10.7. The SMILES string of the molecule is CC(=O)NC(Cc1ccc(CN)cc1)c1nnc(C(C)(C)C(N)=O)o1. The Hall–Kier alpha value is -2.74. The molecule has 0 bridgehead atoms. The highest BCUT2D eigenvalue weighted by molar-refractivity contribution is 5.84. The van der Waals surface area contributed by atoms with Gasteiger partial charge in [0.25, 0.3) is 0 Å². The van der Waals surface area contributed by atoms with E-state index >= 15 is 0 Å². The highest BCUT2D eigenvalue weighted by Gasteiger charge is 2.34. The molecule has 0 aliphatic carbocycles. The quantitative estimate of drug-likeness (QED) is 0.676. The molecule has 8 nitrogen and oxygen atoms in total. The van der Waals surface area contributed by atoms with Crippen molar-refractivity contribution in [3.63, 3.8) is 0 Å². The molecule has 1 aromatic heterocycles. The Kier molecular flexibility index (Phi) is 5.53. The number of benzene rings is 1. The minimum absolute atomic E-state index is 0.115. The average Bonchev–Trinajstić information content (AvgIpc) is 3.05. The minimum atomic E-state index is -1.09. The fourth-order valence-corrected chi connectivity index (χ4v) is 2.23. The van der Waals surface area contributed by atoms with Gasteiger partial charge in [0.2, 0.25) is 23.6 Å². The van der Waals surface area contributed by atoms with Gasteiger partial charge in [-0.25, -0.2) is 0 Å². The molecule has 0 saturated heterocycles. The Morgan fingerprint density at radius 3 is 2.32 bits per heavy atom. The molecule has 134 valence electrons. The molecule has 1 unspecified atom stereocenters. The summed E-state index contributed by atoms with van der Waals surface area (Å²) >= 11 is 0. The summed E-state index contributed by atoms with van der Waals surface area (Å²) in [7, 11) is 0. The second-order valence-corrected chi connectivity index (χ2v) is 6.41. The fourth-order valence-electron chi connectivity index (χ4n) is 2.23. The number of aromatic nitrogens is 2. The molecule has 5 N–H and O–H groups in total. The molecule has 0 aliphatic rings. The van der Waals surface area contributed by atoms with E-state index in [-0.39, 0.29) is 17.7 Å². The van der Waals surface area contributed by atoms with E-state index in [9.17, 15) is 9.59 Å². The maximum absolute atomic E-state index is 11.5. The molecule has 2 aromatic rings. The smallest absolute Gasteiger partial charge is 0.239 e. The van der Waals surface area contributed by atoms with Crippen molar-refractivity contribution >= 4 is 11.8 Å². The number of carbonyl (C=O) groups excluding carboxylic acids is 2. The van der Waals surface area contributed by atoms with Crippen molar-refractivity contribution in [2.75, 3.05) is 0 Å². The van der Waals surface area contributed by atoms with E-state index in [2.05, 4.69) is 15.5 Å². The Labute approximate surface area is 146 Å². The van der Waals surface area contributed by atoms with E-state index in [4.69, 9.17) is 15.9 Å². The Morgan fingerprint density at radius 1 is 1.20 bits per heavy atom. The average molecular weight is 345 g/mol. The Morgan fingerprint density at radius 2 is 1.80 bits per heavy atom. The maximum Gasteiger partial charge on any atom is 0.239 e. The zero-order valence-corrected chi connectivity index (χ0v) is 14.6. The normalized spacial score (nSPS) is 12.6. The molecule has 0 fully saturated rings. The third kappa shape index (κ3) is 4.42. The van der Waals surface area contributed by atoms with E-state index < -0.39 is 17.4 Å². The van der Waals surface area contributed by atoms with Crippen LogP contribution in [0.5, 0.6) is 0 Å². The highest BCUT2D eigenvalue weighted by atomic mass is 16.4. The molecule has 2 amide bonds. The lowest BCUT2D eigenvalue weighted by Crippen LogP contribution is -2.35. The lowest BCUT2D eigenvalue weighted by Gasteiger charge is -2.16. The largest absolute Gasteiger partial charge is 0.422 e. The van der Waals surface area contributed by atoms with E-state index in [1.54, 1.807) is 13.8 Å². The van der Waals surface area contributed by atoms with Gasteiger partial charge < -0.3 is 21.2 Å². The molecule has 0 saturated carbocycles.